The largest absolute Gasteiger partial charge is 0.345 e. The Hall–Kier alpha value is -1.31. The summed E-state index contributed by atoms with van der Waals surface area (Å²) >= 11 is 11.8. The Balaban J connectivity index is 2.87. The first-order valence-electron chi connectivity index (χ1n) is 6.30. The molecular formula is C13H16Cl2N2O4S. The number of rotatable bonds is 6. The van der Waals surface area contributed by atoms with Crippen molar-refractivity contribution < 1.29 is 18.0 Å². The van der Waals surface area contributed by atoms with Gasteiger partial charge in [-0.15, -0.1) is 0 Å². The molecule has 0 spiro atoms. The second kappa shape index (κ2) is 7.80. The summed E-state index contributed by atoms with van der Waals surface area (Å²) in [6.45, 7) is 1.24. The van der Waals surface area contributed by atoms with Crippen molar-refractivity contribution in [1.29, 1.82) is 0 Å². The van der Waals surface area contributed by atoms with E-state index >= 15 is 0 Å². The van der Waals surface area contributed by atoms with Gasteiger partial charge in [-0.2, -0.15) is 0 Å². The van der Waals surface area contributed by atoms with E-state index in [1.807, 2.05) is 0 Å². The molecule has 122 valence electrons. The SMILES string of the molecule is CC(=O)N[C@@H](CCS(C)(=O)=O)C(=O)Nc1cccc(Cl)c1Cl. The van der Waals surface area contributed by atoms with Gasteiger partial charge in [0.15, 0.2) is 0 Å². The van der Waals surface area contributed by atoms with Crippen LogP contribution in [0.1, 0.15) is 13.3 Å². The Morgan fingerprint density at radius 1 is 1.27 bits per heavy atom. The number of hydrogen-bond acceptors (Lipinski definition) is 4. The van der Waals surface area contributed by atoms with Crippen molar-refractivity contribution in [2.75, 3.05) is 17.3 Å². The number of hydrogen-bond donors (Lipinski definition) is 2. The number of sulfone groups is 1. The molecule has 1 atom stereocenters. The molecule has 0 aliphatic heterocycles. The molecule has 6 nitrogen and oxygen atoms in total. The highest BCUT2D eigenvalue weighted by Crippen LogP contribution is 2.29. The van der Waals surface area contributed by atoms with Crippen molar-refractivity contribution in [1.82, 2.24) is 5.32 Å². The average Bonchev–Trinajstić information content (AvgIpc) is 2.38. The molecule has 22 heavy (non-hydrogen) atoms. The van der Waals surface area contributed by atoms with Crippen LogP contribution in [0.5, 0.6) is 0 Å². The van der Waals surface area contributed by atoms with E-state index in [9.17, 15) is 18.0 Å². The van der Waals surface area contributed by atoms with Crippen molar-refractivity contribution >= 4 is 50.5 Å². The summed E-state index contributed by atoms with van der Waals surface area (Å²) in [5.74, 6) is -1.23. The molecule has 0 heterocycles. The zero-order valence-electron chi connectivity index (χ0n) is 12.0. The maximum atomic E-state index is 12.2. The van der Waals surface area contributed by atoms with Gasteiger partial charge in [0.25, 0.3) is 0 Å². The number of amides is 2. The summed E-state index contributed by atoms with van der Waals surface area (Å²) in [5, 5.41) is 5.38. The molecule has 2 amide bonds. The lowest BCUT2D eigenvalue weighted by molar-refractivity contribution is -0.125. The van der Waals surface area contributed by atoms with Gasteiger partial charge in [0, 0.05) is 13.2 Å². The highest BCUT2D eigenvalue weighted by Gasteiger charge is 2.22. The molecule has 0 unspecified atom stereocenters. The third kappa shape index (κ3) is 6.21. The topological polar surface area (TPSA) is 92.3 Å². The summed E-state index contributed by atoms with van der Waals surface area (Å²) in [4.78, 5) is 23.4. The highest BCUT2D eigenvalue weighted by atomic mass is 35.5. The fourth-order valence-corrected chi connectivity index (χ4v) is 2.68. The average molecular weight is 367 g/mol. The van der Waals surface area contributed by atoms with Crippen molar-refractivity contribution in [3.63, 3.8) is 0 Å². The predicted octanol–water partition coefficient (Wildman–Crippen LogP) is 1.87. The highest BCUT2D eigenvalue weighted by molar-refractivity contribution is 7.90. The molecule has 2 N–H and O–H groups in total. The van der Waals surface area contributed by atoms with E-state index in [4.69, 9.17) is 23.2 Å². The zero-order chi connectivity index (χ0) is 16.9. The van der Waals surface area contributed by atoms with Crippen molar-refractivity contribution in [3.05, 3.63) is 28.2 Å². The first-order valence-corrected chi connectivity index (χ1v) is 9.11. The smallest absolute Gasteiger partial charge is 0.247 e. The first kappa shape index (κ1) is 18.7. The number of nitrogens with one attached hydrogen (secondary N) is 2. The lowest BCUT2D eigenvalue weighted by atomic mass is 10.2. The molecule has 0 fully saturated rings. The van der Waals surface area contributed by atoms with Crippen LogP contribution in [-0.4, -0.2) is 38.3 Å². The van der Waals surface area contributed by atoms with Crippen molar-refractivity contribution in [2.45, 2.75) is 19.4 Å². The van der Waals surface area contributed by atoms with Crippen LogP contribution in [-0.2, 0) is 19.4 Å². The second-order valence-electron chi connectivity index (χ2n) is 4.76. The molecule has 0 aliphatic carbocycles. The van der Waals surface area contributed by atoms with Gasteiger partial charge in [-0.1, -0.05) is 29.3 Å². The van der Waals surface area contributed by atoms with Gasteiger partial charge in [0.2, 0.25) is 11.8 Å². The zero-order valence-corrected chi connectivity index (χ0v) is 14.3. The third-order valence-corrected chi connectivity index (χ3v) is 4.48. The Labute approximate surface area is 139 Å². The molecule has 1 rings (SSSR count). The van der Waals surface area contributed by atoms with Crippen LogP contribution in [0.15, 0.2) is 18.2 Å². The molecule has 0 radical (unpaired) electrons. The van der Waals surface area contributed by atoms with Crippen LogP contribution >= 0.6 is 23.2 Å². The maximum absolute atomic E-state index is 12.2. The normalized spacial score (nSPS) is 12.5. The minimum Gasteiger partial charge on any atom is -0.345 e. The molecule has 0 saturated carbocycles. The molecule has 0 aliphatic rings. The van der Waals surface area contributed by atoms with E-state index in [2.05, 4.69) is 10.6 Å². The fourth-order valence-electron chi connectivity index (χ4n) is 1.67. The van der Waals surface area contributed by atoms with Gasteiger partial charge >= 0.3 is 0 Å². The summed E-state index contributed by atoms with van der Waals surface area (Å²) < 4.78 is 22.4. The summed E-state index contributed by atoms with van der Waals surface area (Å²) in [6, 6.07) is 3.73. The van der Waals surface area contributed by atoms with Gasteiger partial charge in [-0.3, -0.25) is 9.59 Å². The van der Waals surface area contributed by atoms with E-state index in [0.717, 1.165) is 6.26 Å². The molecule has 0 bridgehead atoms. The monoisotopic (exact) mass is 366 g/mol. The fraction of sp³-hybridized carbons (Fsp3) is 0.385. The van der Waals surface area contributed by atoms with Gasteiger partial charge in [0.05, 0.1) is 21.5 Å². The first-order chi connectivity index (χ1) is 10.1. The van der Waals surface area contributed by atoms with E-state index < -0.39 is 27.7 Å². The molecular weight excluding hydrogens is 351 g/mol. The maximum Gasteiger partial charge on any atom is 0.247 e. The van der Waals surface area contributed by atoms with Crippen LogP contribution in [0.3, 0.4) is 0 Å². The minimum atomic E-state index is -3.25. The van der Waals surface area contributed by atoms with E-state index in [0.29, 0.717) is 0 Å². The summed E-state index contributed by atoms with van der Waals surface area (Å²) in [7, 11) is -3.25. The van der Waals surface area contributed by atoms with Crippen LogP contribution in [0.2, 0.25) is 10.0 Å². The van der Waals surface area contributed by atoms with Crippen molar-refractivity contribution in [2.24, 2.45) is 0 Å². The molecule has 0 saturated heterocycles. The number of carbonyl (C=O) groups excluding carboxylic acids is 2. The van der Waals surface area contributed by atoms with E-state index in [1.54, 1.807) is 18.2 Å². The van der Waals surface area contributed by atoms with Crippen molar-refractivity contribution in [3.8, 4) is 0 Å². The molecule has 0 aromatic heterocycles. The van der Waals surface area contributed by atoms with Crippen LogP contribution < -0.4 is 10.6 Å². The Morgan fingerprint density at radius 3 is 2.45 bits per heavy atom. The Morgan fingerprint density at radius 2 is 1.91 bits per heavy atom. The molecule has 9 heteroatoms. The third-order valence-electron chi connectivity index (χ3n) is 2.68. The van der Waals surface area contributed by atoms with E-state index in [1.165, 1.54) is 6.92 Å². The Bertz CT molecular complexity index is 677. The summed E-state index contributed by atoms with van der Waals surface area (Å²) in [6.07, 6.45) is 1.02. The van der Waals surface area contributed by atoms with Gasteiger partial charge in [0.1, 0.15) is 15.9 Å². The molecule has 1 aromatic carbocycles. The lowest BCUT2D eigenvalue weighted by Gasteiger charge is -2.18. The number of anilines is 1. The minimum absolute atomic E-state index is 0.0393. The van der Waals surface area contributed by atoms with Crippen LogP contribution in [0, 0.1) is 0 Å². The number of benzene rings is 1. The quantitative estimate of drug-likeness (QED) is 0.803. The van der Waals surface area contributed by atoms with Gasteiger partial charge in [-0.05, 0) is 18.6 Å². The van der Waals surface area contributed by atoms with Crippen LogP contribution in [0.25, 0.3) is 0 Å². The Kier molecular flexibility index (Phi) is 6.65. The predicted molar refractivity (Wildman–Crippen MR) is 87.0 cm³/mol. The summed E-state index contributed by atoms with van der Waals surface area (Å²) in [5.41, 5.74) is 0.286. The van der Waals surface area contributed by atoms with Crippen LogP contribution in [0.4, 0.5) is 5.69 Å². The standard InChI is InChI=1S/C13H16Cl2N2O4S/c1-8(18)16-11(6-7-22(2,20)21)13(19)17-10-5-3-4-9(14)12(10)15/h3-5,11H,6-7H2,1-2H3,(H,16,18)(H,17,19)/t11-/m0/s1. The number of carbonyl (C=O) groups is 2. The lowest BCUT2D eigenvalue weighted by Crippen LogP contribution is -2.44. The molecule has 1 aromatic rings. The van der Waals surface area contributed by atoms with Gasteiger partial charge in [-0.25, -0.2) is 8.42 Å². The second-order valence-corrected chi connectivity index (χ2v) is 7.81. The number of halogens is 2. The van der Waals surface area contributed by atoms with Gasteiger partial charge < -0.3 is 10.6 Å². The van der Waals surface area contributed by atoms with E-state index in [-0.39, 0.29) is 27.9 Å².